The summed E-state index contributed by atoms with van der Waals surface area (Å²) in [7, 11) is -0.896. The van der Waals surface area contributed by atoms with Crippen LogP contribution >= 0.6 is 0 Å². The molecule has 1 aromatic carbocycles. The predicted molar refractivity (Wildman–Crippen MR) is 134 cm³/mol. The Balaban J connectivity index is 0.000000331. The first-order valence-corrected chi connectivity index (χ1v) is 12.6. The van der Waals surface area contributed by atoms with E-state index in [4.69, 9.17) is 10.7 Å². The van der Waals surface area contributed by atoms with E-state index in [1.54, 1.807) is 6.20 Å². The van der Waals surface area contributed by atoms with E-state index in [-0.39, 0.29) is 11.1 Å². The standard InChI is InChI=1S/C20H25N3OS.C6H8FN/c1-3-15-6-4-5-7-16(15)20(2)9-11-23(12-10-20)19-21-14-18-17(22-19)8-13-25(18)24;1-3-6(8)4-5(2)7/h4-7,14H,3,8-13H2,1-2H3;3-4H,1-2,8H2/b;6-4+. The zero-order chi connectivity index (χ0) is 24.0. The van der Waals surface area contributed by atoms with Crippen LogP contribution in [0, 0.1) is 0 Å². The van der Waals surface area contributed by atoms with Gasteiger partial charge >= 0.3 is 0 Å². The molecular formula is C26H33FN4OS. The van der Waals surface area contributed by atoms with Gasteiger partial charge in [0.05, 0.1) is 21.4 Å². The number of benzene rings is 1. The summed E-state index contributed by atoms with van der Waals surface area (Å²) in [5, 5.41) is 0. The Labute approximate surface area is 198 Å². The lowest BCUT2D eigenvalue weighted by atomic mass is 9.72. The van der Waals surface area contributed by atoms with Crippen LogP contribution in [0.4, 0.5) is 10.3 Å². The van der Waals surface area contributed by atoms with E-state index in [1.165, 1.54) is 17.2 Å². The molecule has 0 aliphatic carbocycles. The normalized spacial score (nSPS) is 19.3. The van der Waals surface area contributed by atoms with Gasteiger partial charge in [0, 0.05) is 37.2 Å². The third-order valence-electron chi connectivity index (χ3n) is 6.34. The molecule has 5 nitrogen and oxygen atoms in total. The van der Waals surface area contributed by atoms with Gasteiger partial charge in [-0.3, -0.25) is 4.21 Å². The first-order chi connectivity index (χ1) is 15.8. The number of fused-ring (bicyclic) bond motifs is 1. The number of nitrogens with zero attached hydrogens (tertiary/aromatic N) is 3. The maximum atomic E-state index is 11.9. The van der Waals surface area contributed by atoms with E-state index in [2.05, 4.69) is 61.2 Å². The molecule has 3 heterocycles. The van der Waals surface area contributed by atoms with Gasteiger partial charge in [0.1, 0.15) is 5.83 Å². The molecule has 0 saturated carbocycles. The molecule has 2 aliphatic rings. The van der Waals surface area contributed by atoms with Crippen LogP contribution in [0.25, 0.3) is 0 Å². The zero-order valence-corrected chi connectivity index (χ0v) is 20.3. The number of hydrogen-bond acceptors (Lipinski definition) is 5. The van der Waals surface area contributed by atoms with E-state index < -0.39 is 16.6 Å². The highest BCUT2D eigenvalue weighted by molar-refractivity contribution is 7.85. The molecule has 1 saturated heterocycles. The van der Waals surface area contributed by atoms with Gasteiger partial charge in [0.15, 0.2) is 0 Å². The van der Waals surface area contributed by atoms with Crippen molar-refractivity contribution in [2.24, 2.45) is 5.73 Å². The molecule has 1 aromatic heterocycles. The van der Waals surface area contributed by atoms with Gasteiger partial charge in [-0.1, -0.05) is 51.3 Å². The molecule has 0 bridgehead atoms. The van der Waals surface area contributed by atoms with Gasteiger partial charge < -0.3 is 10.6 Å². The third-order valence-corrected chi connectivity index (χ3v) is 7.75. The smallest absolute Gasteiger partial charge is 0.225 e. The van der Waals surface area contributed by atoms with E-state index in [9.17, 15) is 8.60 Å². The van der Waals surface area contributed by atoms with E-state index in [0.717, 1.165) is 61.4 Å². The van der Waals surface area contributed by atoms with Crippen molar-refractivity contribution in [3.05, 3.63) is 84.1 Å². The Morgan fingerprint density at radius 1 is 1.33 bits per heavy atom. The molecule has 7 heteroatoms. The fraction of sp³-hybridized carbons (Fsp3) is 0.385. The lowest BCUT2D eigenvalue weighted by molar-refractivity contribution is 0.357. The highest BCUT2D eigenvalue weighted by Crippen LogP contribution is 2.38. The van der Waals surface area contributed by atoms with Crippen LogP contribution in [0.2, 0.25) is 0 Å². The summed E-state index contributed by atoms with van der Waals surface area (Å²) in [5.74, 6) is 0.949. The monoisotopic (exact) mass is 468 g/mol. The second-order valence-electron chi connectivity index (χ2n) is 8.63. The number of aromatic nitrogens is 2. The van der Waals surface area contributed by atoms with Gasteiger partial charge in [0.2, 0.25) is 5.95 Å². The van der Waals surface area contributed by atoms with Crippen molar-refractivity contribution in [1.82, 2.24) is 9.97 Å². The molecule has 1 atom stereocenters. The van der Waals surface area contributed by atoms with Crippen LogP contribution in [-0.4, -0.2) is 33.0 Å². The van der Waals surface area contributed by atoms with Crippen molar-refractivity contribution in [3.8, 4) is 0 Å². The minimum Gasteiger partial charge on any atom is -0.399 e. The van der Waals surface area contributed by atoms with E-state index in [1.807, 2.05) is 0 Å². The van der Waals surface area contributed by atoms with Crippen molar-refractivity contribution in [2.75, 3.05) is 23.7 Å². The summed E-state index contributed by atoms with van der Waals surface area (Å²) in [6, 6.07) is 8.87. The van der Waals surface area contributed by atoms with Crippen LogP contribution in [0.3, 0.4) is 0 Å². The second kappa shape index (κ2) is 10.9. The lowest BCUT2D eigenvalue weighted by Gasteiger charge is -2.40. The fourth-order valence-corrected chi connectivity index (χ4v) is 5.52. The summed E-state index contributed by atoms with van der Waals surface area (Å²) < 4.78 is 23.6. The number of allylic oxidation sites excluding steroid dienone is 3. The maximum absolute atomic E-state index is 11.9. The van der Waals surface area contributed by atoms with Crippen molar-refractivity contribution < 1.29 is 8.60 Å². The molecule has 2 aliphatic heterocycles. The lowest BCUT2D eigenvalue weighted by Crippen LogP contribution is -2.42. The van der Waals surface area contributed by atoms with Crippen LogP contribution in [0.15, 0.2) is 72.2 Å². The average Bonchev–Trinajstić information content (AvgIpc) is 3.19. The van der Waals surface area contributed by atoms with E-state index >= 15 is 0 Å². The molecule has 1 unspecified atom stereocenters. The number of anilines is 1. The van der Waals surface area contributed by atoms with Crippen molar-refractivity contribution in [1.29, 1.82) is 0 Å². The average molecular weight is 469 g/mol. The first kappa shape index (κ1) is 24.8. The summed E-state index contributed by atoms with van der Waals surface area (Å²) >= 11 is 0. The van der Waals surface area contributed by atoms with Crippen molar-refractivity contribution >= 4 is 16.7 Å². The summed E-state index contributed by atoms with van der Waals surface area (Å²) in [6.07, 6.45) is 8.35. The number of halogens is 1. The molecule has 0 amide bonds. The molecular weight excluding hydrogens is 435 g/mol. The molecule has 2 aromatic rings. The molecule has 33 heavy (non-hydrogen) atoms. The van der Waals surface area contributed by atoms with Crippen LogP contribution < -0.4 is 10.6 Å². The van der Waals surface area contributed by atoms with Gasteiger partial charge in [-0.05, 0) is 48.0 Å². The fourth-order valence-electron chi connectivity index (χ4n) is 4.34. The van der Waals surface area contributed by atoms with Crippen LogP contribution in [0.5, 0.6) is 0 Å². The third kappa shape index (κ3) is 5.96. The topological polar surface area (TPSA) is 72.1 Å². The maximum Gasteiger partial charge on any atom is 0.225 e. The SMILES string of the molecule is C=C/C(N)=C\C(=C)F.CCc1ccccc1C1(C)CCN(c2ncc3c(n2)CCS3=O)CC1. The minimum absolute atomic E-state index is 0.224. The Hall–Kier alpha value is -2.80. The van der Waals surface area contributed by atoms with Gasteiger partial charge in [0.25, 0.3) is 0 Å². The quantitative estimate of drug-likeness (QED) is 0.641. The highest BCUT2D eigenvalue weighted by Gasteiger charge is 2.34. The summed E-state index contributed by atoms with van der Waals surface area (Å²) in [4.78, 5) is 12.3. The second-order valence-corrected chi connectivity index (χ2v) is 10.2. The Bertz CT molecular complexity index is 1070. The number of nitrogens with two attached hydrogens (primary N) is 1. The molecule has 1 fully saturated rings. The first-order valence-electron chi connectivity index (χ1n) is 11.3. The molecule has 176 valence electrons. The minimum atomic E-state index is -0.896. The Kier molecular flexibility index (Phi) is 8.19. The number of rotatable bonds is 5. The molecule has 4 rings (SSSR count). The Morgan fingerprint density at radius 3 is 2.64 bits per heavy atom. The summed E-state index contributed by atoms with van der Waals surface area (Å²) in [6.45, 7) is 12.9. The largest absolute Gasteiger partial charge is 0.399 e. The number of aryl methyl sites for hydroxylation is 2. The molecule has 0 spiro atoms. The molecule has 0 radical (unpaired) electrons. The molecule has 2 N–H and O–H groups in total. The highest BCUT2D eigenvalue weighted by atomic mass is 32.2. The van der Waals surface area contributed by atoms with Crippen molar-refractivity contribution in [3.63, 3.8) is 0 Å². The van der Waals surface area contributed by atoms with Crippen LogP contribution in [-0.2, 0) is 29.1 Å². The number of hydrogen-bond donors (Lipinski definition) is 1. The van der Waals surface area contributed by atoms with Gasteiger partial charge in [-0.2, -0.15) is 0 Å². The van der Waals surface area contributed by atoms with Crippen LogP contribution in [0.1, 0.15) is 43.5 Å². The Morgan fingerprint density at radius 2 is 2.03 bits per heavy atom. The zero-order valence-electron chi connectivity index (χ0n) is 19.5. The number of piperidine rings is 1. The van der Waals surface area contributed by atoms with Gasteiger partial charge in [-0.25, -0.2) is 14.4 Å². The van der Waals surface area contributed by atoms with Crippen molar-refractivity contribution in [2.45, 2.75) is 49.8 Å². The predicted octanol–water partition coefficient (Wildman–Crippen LogP) is 4.76. The van der Waals surface area contributed by atoms with E-state index in [0.29, 0.717) is 5.75 Å². The summed E-state index contributed by atoms with van der Waals surface area (Å²) in [5.41, 5.74) is 9.58. The van der Waals surface area contributed by atoms with Gasteiger partial charge in [-0.15, -0.1) is 0 Å².